The monoisotopic (exact) mass is 167 g/mol. The number of nitrogens with two attached hydrogens (primary N) is 1. The molecule has 0 saturated carbocycles. The molecule has 1 aromatic rings. The number of thiol groups is 1. The Morgan fingerprint density at radius 2 is 2.09 bits per heavy atom. The first-order valence-electron chi connectivity index (χ1n) is 2.96. The van der Waals surface area contributed by atoms with Gasteiger partial charge in [-0.1, -0.05) is 24.9 Å². The normalized spacial score (nSPS) is 9.18. The van der Waals surface area contributed by atoms with Crippen molar-refractivity contribution in [2.75, 3.05) is 4.31 Å². The van der Waals surface area contributed by atoms with Gasteiger partial charge in [0.15, 0.2) is 0 Å². The highest BCUT2D eigenvalue weighted by atomic mass is 32.1. The molecule has 0 aliphatic carbocycles. The largest absolute Gasteiger partial charge is 0.350 e. The first-order chi connectivity index (χ1) is 5.22. The maximum atomic E-state index is 10.6. The number of primary amides is 1. The minimum atomic E-state index is -0.598. The number of amides is 2. The molecular formula is C7H7N2OS. The molecule has 0 aliphatic rings. The van der Waals surface area contributed by atoms with Gasteiger partial charge in [0.1, 0.15) is 0 Å². The summed E-state index contributed by atoms with van der Waals surface area (Å²) in [5.41, 5.74) is 5.61. The zero-order chi connectivity index (χ0) is 8.27. The number of hydrogen-bond donors (Lipinski definition) is 2. The highest BCUT2D eigenvalue weighted by molar-refractivity contribution is 7.82. The summed E-state index contributed by atoms with van der Waals surface area (Å²) in [5, 5.41) is 0. The van der Waals surface area contributed by atoms with E-state index in [1.54, 1.807) is 24.3 Å². The molecular weight excluding hydrogens is 160 g/mol. The summed E-state index contributed by atoms with van der Waals surface area (Å²) in [5.74, 6) is 0. The van der Waals surface area contributed by atoms with Gasteiger partial charge in [-0.2, -0.15) is 0 Å². The van der Waals surface area contributed by atoms with Crippen LogP contribution in [0.4, 0.5) is 10.5 Å². The molecule has 1 aromatic carbocycles. The smallest absolute Gasteiger partial charge is 0.329 e. The number of carbonyl (C=O) groups is 1. The Morgan fingerprint density at radius 3 is 2.55 bits per heavy atom. The van der Waals surface area contributed by atoms with Gasteiger partial charge in [0.2, 0.25) is 0 Å². The lowest BCUT2D eigenvalue weighted by molar-refractivity contribution is 0.257. The number of rotatable bonds is 1. The van der Waals surface area contributed by atoms with Crippen LogP contribution in [0.1, 0.15) is 0 Å². The van der Waals surface area contributed by atoms with Gasteiger partial charge in [-0.05, 0) is 18.2 Å². The van der Waals surface area contributed by atoms with Crippen LogP contribution in [-0.4, -0.2) is 6.03 Å². The summed E-state index contributed by atoms with van der Waals surface area (Å²) in [6, 6.07) is 8.96. The molecule has 2 N–H and O–H groups in total. The number of anilines is 1. The predicted octanol–water partition coefficient (Wildman–Crippen LogP) is 1.22. The fourth-order valence-corrected chi connectivity index (χ4v) is 0.780. The number of carbonyl (C=O) groups excluding carboxylic acids is 1. The summed E-state index contributed by atoms with van der Waals surface area (Å²) in [6.07, 6.45) is 0. The van der Waals surface area contributed by atoms with Crippen LogP contribution >= 0.6 is 12.8 Å². The van der Waals surface area contributed by atoms with E-state index in [0.29, 0.717) is 5.69 Å². The van der Waals surface area contributed by atoms with E-state index < -0.39 is 6.03 Å². The van der Waals surface area contributed by atoms with Crippen LogP contribution in [0.5, 0.6) is 0 Å². The van der Waals surface area contributed by atoms with Gasteiger partial charge in [-0.3, -0.25) is 0 Å². The van der Waals surface area contributed by atoms with E-state index in [4.69, 9.17) is 5.73 Å². The van der Waals surface area contributed by atoms with E-state index >= 15 is 0 Å². The molecule has 0 heterocycles. The Labute approximate surface area is 70.3 Å². The molecule has 0 atom stereocenters. The van der Waals surface area contributed by atoms with Crippen LogP contribution in [0, 0.1) is 6.07 Å². The average Bonchev–Trinajstić information content (AvgIpc) is 2.05. The maximum absolute atomic E-state index is 10.6. The number of nitrogens with zero attached hydrogens (tertiary/aromatic N) is 1. The summed E-state index contributed by atoms with van der Waals surface area (Å²) in [6.45, 7) is 0. The minimum Gasteiger partial charge on any atom is -0.350 e. The van der Waals surface area contributed by atoms with Crippen molar-refractivity contribution in [1.29, 1.82) is 0 Å². The van der Waals surface area contributed by atoms with Crippen molar-refractivity contribution in [3.05, 3.63) is 30.3 Å². The lowest BCUT2D eigenvalue weighted by Gasteiger charge is -2.10. The van der Waals surface area contributed by atoms with Gasteiger partial charge in [-0.15, -0.1) is 0 Å². The van der Waals surface area contributed by atoms with Gasteiger partial charge < -0.3 is 5.73 Å². The summed E-state index contributed by atoms with van der Waals surface area (Å²) >= 11 is 3.86. The van der Waals surface area contributed by atoms with Crippen LogP contribution in [0.25, 0.3) is 0 Å². The Bertz CT molecular complexity index is 250. The second-order valence-corrected chi connectivity index (χ2v) is 2.31. The number of benzene rings is 1. The molecule has 4 heteroatoms. The SMILES string of the molecule is NC(=O)N(S)c1cc[c]cc1. The minimum absolute atomic E-state index is 0.598. The van der Waals surface area contributed by atoms with Gasteiger partial charge in [0.05, 0.1) is 5.69 Å². The van der Waals surface area contributed by atoms with Gasteiger partial charge in [0, 0.05) is 0 Å². The Kier molecular flexibility index (Phi) is 2.38. The molecule has 2 amide bonds. The average molecular weight is 167 g/mol. The predicted molar refractivity (Wildman–Crippen MR) is 46.3 cm³/mol. The highest BCUT2D eigenvalue weighted by Gasteiger charge is 2.04. The van der Waals surface area contributed by atoms with Crippen LogP contribution in [-0.2, 0) is 0 Å². The molecule has 0 spiro atoms. The zero-order valence-corrected chi connectivity index (χ0v) is 6.58. The first-order valence-corrected chi connectivity index (χ1v) is 3.36. The van der Waals surface area contributed by atoms with Crippen LogP contribution in [0.3, 0.4) is 0 Å². The Balaban J connectivity index is 2.85. The molecule has 0 aromatic heterocycles. The van der Waals surface area contributed by atoms with Gasteiger partial charge in [-0.25, -0.2) is 9.10 Å². The van der Waals surface area contributed by atoms with Crippen molar-refractivity contribution < 1.29 is 4.79 Å². The van der Waals surface area contributed by atoms with Gasteiger partial charge in [0.25, 0.3) is 0 Å². The number of hydrogen-bond acceptors (Lipinski definition) is 2. The molecule has 57 valence electrons. The standard InChI is InChI=1S/C7H7N2OS/c8-7(10)9(11)6-4-2-1-3-5-6/h2-5,11H,(H2,8,10). The van der Waals surface area contributed by atoms with Crippen molar-refractivity contribution in [1.82, 2.24) is 0 Å². The second kappa shape index (κ2) is 3.30. The van der Waals surface area contributed by atoms with Gasteiger partial charge >= 0.3 is 6.03 Å². The quantitative estimate of drug-likeness (QED) is 0.607. The van der Waals surface area contributed by atoms with E-state index in [0.717, 1.165) is 4.31 Å². The van der Waals surface area contributed by atoms with Crippen LogP contribution in [0.2, 0.25) is 0 Å². The first kappa shape index (κ1) is 7.94. The lowest BCUT2D eigenvalue weighted by Crippen LogP contribution is -2.26. The fraction of sp³-hybridized carbons (Fsp3) is 0. The summed E-state index contributed by atoms with van der Waals surface area (Å²) < 4.78 is 1.06. The van der Waals surface area contributed by atoms with Crippen LogP contribution < -0.4 is 10.0 Å². The Morgan fingerprint density at radius 1 is 1.55 bits per heavy atom. The maximum Gasteiger partial charge on any atom is 0.329 e. The lowest BCUT2D eigenvalue weighted by atomic mass is 10.3. The van der Waals surface area contributed by atoms with Crippen molar-refractivity contribution >= 4 is 24.5 Å². The molecule has 3 nitrogen and oxygen atoms in total. The third-order valence-corrected chi connectivity index (χ3v) is 1.58. The van der Waals surface area contributed by atoms with E-state index in [-0.39, 0.29) is 0 Å². The summed E-state index contributed by atoms with van der Waals surface area (Å²) in [4.78, 5) is 10.6. The molecule has 0 saturated heterocycles. The zero-order valence-electron chi connectivity index (χ0n) is 5.69. The third kappa shape index (κ3) is 1.88. The van der Waals surface area contributed by atoms with E-state index in [1.807, 2.05) is 0 Å². The molecule has 0 fully saturated rings. The van der Waals surface area contributed by atoms with E-state index in [1.165, 1.54) is 0 Å². The van der Waals surface area contributed by atoms with E-state index in [9.17, 15) is 4.79 Å². The van der Waals surface area contributed by atoms with Crippen molar-refractivity contribution in [3.8, 4) is 0 Å². The molecule has 0 unspecified atom stereocenters. The summed E-state index contributed by atoms with van der Waals surface area (Å²) in [7, 11) is 0. The van der Waals surface area contributed by atoms with E-state index in [2.05, 4.69) is 18.9 Å². The molecule has 0 bridgehead atoms. The molecule has 11 heavy (non-hydrogen) atoms. The Hall–Kier alpha value is -1.16. The number of urea groups is 1. The molecule has 1 radical (unpaired) electrons. The second-order valence-electron chi connectivity index (χ2n) is 1.91. The van der Waals surface area contributed by atoms with Crippen molar-refractivity contribution in [2.24, 2.45) is 5.73 Å². The van der Waals surface area contributed by atoms with Crippen molar-refractivity contribution in [3.63, 3.8) is 0 Å². The van der Waals surface area contributed by atoms with Crippen molar-refractivity contribution in [2.45, 2.75) is 0 Å². The third-order valence-electron chi connectivity index (χ3n) is 1.15. The molecule has 0 aliphatic heterocycles. The molecule has 1 rings (SSSR count). The highest BCUT2D eigenvalue weighted by Crippen LogP contribution is 2.13. The van der Waals surface area contributed by atoms with Crippen LogP contribution in [0.15, 0.2) is 24.3 Å². The fourth-order valence-electron chi connectivity index (χ4n) is 0.647. The topological polar surface area (TPSA) is 46.3 Å².